The van der Waals surface area contributed by atoms with E-state index in [0.717, 1.165) is 38.5 Å². The molecule has 0 aromatic carbocycles. The van der Waals surface area contributed by atoms with Gasteiger partial charge in [0.15, 0.2) is 0 Å². The predicted molar refractivity (Wildman–Crippen MR) is 115 cm³/mol. The molecule has 0 fully saturated rings. The first kappa shape index (κ1) is 31.6. The molecular formula is C22H46O6. The molecule has 28 heavy (non-hydrogen) atoms. The average Bonchev–Trinajstić information content (AvgIpc) is 2.66. The number of hydrogen-bond acceptors (Lipinski definition) is 4. The van der Waals surface area contributed by atoms with Gasteiger partial charge in [-0.2, -0.15) is 0 Å². The van der Waals surface area contributed by atoms with Gasteiger partial charge in [0.2, 0.25) is 0 Å². The Morgan fingerprint density at radius 3 is 1.36 bits per heavy atom. The summed E-state index contributed by atoms with van der Waals surface area (Å²) in [4.78, 5) is 20.1. The molecule has 0 aliphatic heterocycles. The van der Waals surface area contributed by atoms with Gasteiger partial charge in [0.05, 0.1) is 0 Å². The summed E-state index contributed by atoms with van der Waals surface area (Å²) in [7, 11) is 0. The molecular weight excluding hydrogens is 360 g/mol. The van der Waals surface area contributed by atoms with Gasteiger partial charge in [-0.05, 0) is 31.6 Å². The number of unbranched alkanes of at least 4 members (excludes halogenated alkanes) is 8. The Balaban J connectivity index is -0.000000337. The lowest BCUT2D eigenvalue weighted by atomic mass is 10.1. The minimum atomic E-state index is -0.670. The summed E-state index contributed by atoms with van der Waals surface area (Å²) in [6.45, 7) is 6.74. The van der Waals surface area contributed by atoms with Gasteiger partial charge in [0.25, 0.3) is 0 Å². The highest BCUT2D eigenvalue weighted by Gasteiger charge is 1.97. The second-order valence-electron chi connectivity index (χ2n) is 7.27. The highest BCUT2D eigenvalue weighted by atomic mass is 16.4. The topological polar surface area (TPSA) is 115 Å². The lowest BCUT2D eigenvalue weighted by Gasteiger charge is -2.03. The van der Waals surface area contributed by atoms with E-state index in [4.69, 9.17) is 20.4 Å². The van der Waals surface area contributed by atoms with Gasteiger partial charge in [-0.1, -0.05) is 72.1 Å². The van der Waals surface area contributed by atoms with E-state index in [2.05, 4.69) is 13.8 Å². The highest BCUT2D eigenvalue weighted by Crippen LogP contribution is 2.05. The van der Waals surface area contributed by atoms with Gasteiger partial charge in [-0.25, -0.2) is 0 Å². The van der Waals surface area contributed by atoms with E-state index in [1.807, 2.05) is 6.92 Å². The van der Waals surface area contributed by atoms with Crippen molar-refractivity contribution in [3.8, 4) is 0 Å². The first-order chi connectivity index (χ1) is 13.3. The number of aliphatic carboxylic acids is 2. The second kappa shape index (κ2) is 28.1. The monoisotopic (exact) mass is 406 g/mol. The van der Waals surface area contributed by atoms with Crippen molar-refractivity contribution in [2.75, 3.05) is 13.2 Å². The maximum atomic E-state index is 10.0. The maximum Gasteiger partial charge on any atom is 0.303 e. The Hall–Kier alpha value is -1.14. The summed E-state index contributed by atoms with van der Waals surface area (Å²) in [5.41, 5.74) is 0. The Morgan fingerprint density at radius 2 is 1.07 bits per heavy atom. The van der Waals surface area contributed by atoms with E-state index in [1.165, 1.54) is 38.5 Å². The zero-order chi connectivity index (χ0) is 22.0. The van der Waals surface area contributed by atoms with Crippen LogP contribution in [0.25, 0.3) is 0 Å². The lowest BCUT2D eigenvalue weighted by Crippen LogP contribution is -2.00. The SMILES string of the molecule is CC(CO)CCCO.CCCCCCCC(=O)O.CCCCCCCC(=O)O. The average molecular weight is 407 g/mol. The normalized spacial score (nSPS) is 10.9. The molecule has 0 aromatic heterocycles. The molecule has 0 heterocycles. The Bertz CT molecular complexity index is 296. The van der Waals surface area contributed by atoms with Crippen LogP contribution in [0.2, 0.25) is 0 Å². The molecule has 6 heteroatoms. The summed E-state index contributed by atoms with van der Waals surface area (Å²) in [6.07, 6.45) is 13.5. The number of aliphatic hydroxyl groups is 2. The van der Waals surface area contributed by atoms with Crippen molar-refractivity contribution < 1.29 is 30.0 Å². The number of carboxylic acid groups (broad SMARTS) is 2. The maximum absolute atomic E-state index is 10.0. The summed E-state index contributed by atoms with van der Waals surface area (Å²) >= 11 is 0. The van der Waals surface area contributed by atoms with Crippen LogP contribution in [0.15, 0.2) is 0 Å². The summed E-state index contributed by atoms with van der Waals surface area (Å²) < 4.78 is 0. The Morgan fingerprint density at radius 1 is 0.679 bits per heavy atom. The molecule has 4 N–H and O–H groups in total. The molecule has 1 atom stereocenters. The van der Waals surface area contributed by atoms with Crippen LogP contribution in [0, 0.1) is 5.92 Å². The number of carbonyl (C=O) groups is 2. The van der Waals surface area contributed by atoms with Gasteiger partial charge in [-0.15, -0.1) is 0 Å². The molecule has 0 spiro atoms. The molecule has 0 rings (SSSR count). The van der Waals surface area contributed by atoms with Crippen molar-refractivity contribution in [1.82, 2.24) is 0 Å². The third kappa shape index (κ3) is 39.8. The van der Waals surface area contributed by atoms with Crippen LogP contribution < -0.4 is 0 Å². The van der Waals surface area contributed by atoms with E-state index in [1.54, 1.807) is 0 Å². The molecule has 0 amide bonds. The molecule has 6 nitrogen and oxygen atoms in total. The summed E-state index contributed by atoms with van der Waals surface area (Å²) in [5, 5.41) is 33.3. The fourth-order valence-electron chi connectivity index (χ4n) is 2.29. The van der Waals surface area contributed by atoms with Gasteiger partial charge in [-0.3, -0.25) is 9.59 Å². The molecule has 0 radical (unpaired) electrons. The number of aliphatic hydroxyl groups excluding tert-OH is 2. The van der Waals surface area contributed by atoms with Gasteiger partial charge in [0, 0.05) is 26.1 Å². The van der Waals surface area contributed by atoms with Crippen LogP contribution in [-0.2, 0) is 9.59 Å². The molecule has 0 bridgehead atoms. The van der Waals surface area contributed by atoms with Crippen LogP contribution in [0.3, 0.4) is 0 Å². The van der Waals surface area contributed by atoms with Crippen LogP contribution >= 0.6 is 0 Å². The lowest BCUT2D eigenvalue weighted by molar-refractivity contribution is -0.138. The largest absolute Gasteiger partial charge is 0.481 e. The van der Waals surface area contributed by atoms with Gasteiger partial charge in [0.1, 0.15) is 0 Å². The van der Waals surface area contributed by atoms with Crippen LogP contribution in [-0.4, -0.2) is 45.6 Å². The predicted octanol–water partition coefficient (Wildman–Crippen LogP) is 5.25. The highest BCUT2D eigenvalue weighted by molar-refractivity contribution is 5.66. The molecule has 0 aliphatic carbocycles. The molecule has 1 unspecified atom stereocenters. The van der Waals surface area contributed by atoms with Crippen LogP contribution in [0.5, 0.6) is 0 Å². The molecule has 170 valence electrons. The second-order valence-corrected chi connectivity index (χ2v) is 7.27. The first-order valence-corrected chi connectivity index (χ1v) is 11.0. The van der Waals surface area contributed by atoms with E-state index >= 15 is 0 Å². The van der Waals surface area contributed by atoms with Crippen LogP contribution in [0.1, 0.15) is 111 Å². The van der Waals surface area contributed by atoms with E-state index in [0.29, 0.717) is 18.8 Å². The van der Waals surface area contributed by atoms with Crippen molar-refractivity contribution in [3.63, 3.8) is 0 Å². The zero-order valence-electron chi connectivity index (χ0n) is 18.5. The first-order valence-electron chi connectivity index (χ1n) is 11.0. The Kier molecular flexibility index (Phi) is 31.6. The van der Waals surface area contributed by atoms with E-state index in [-0.39, 0.29) is 13.2 Å². The quantitative estimate of drug-likeness (QED) is 0.260. The molecule has 0 aliphatic rings. The van der Waals surface area contributed by atoms with E-state index in [9.17, 15) is 9.59 Å². The molecule has 0 saturated heterocycles. The van der Waals surface area contributed by atoms with Crippen molar-refractivity contribution in [1.29, 1.82) is 0 Å². The van der Waals surface area contributed by atoms with Crippen LogP contribution in [0.4, 0.5) is 0 Å². The van der Waals surface area contributed by atoms with Crippen molar-refractivity contribution in [2.24, 2.45) is 5.92 Å². The van der Waals surface area contributed by atoms with E-state index < -0.39 is 11.9 Å². The molecule has 0 aromatic rings. The number of hydrogen-bond donors (Lipinski definition) is 4. The Labute approximate surface area is 172 Å². The summed E-state index contributed by atoms with van der Waals surface area (Å²) in [6, 6.07) is 0. The fourth-order valence-corrected chi connectivity index (χ4v) is 2.29. The van der Waals surface area contributed by atoms with Crippen molar-refractivity contribution in [2.45, 2.75) is 111 Å². The minimum absolute atomic E-state index is 0.236. The molecule has 0 saturated carbocycles. The fraction of sp³-hybridized carbons (Fsp3) is 0.909. The van der Waals surface area contributed by atoms with Gasteiger partial charge < -0.3 is 20.4 Å². The number of rotatable bonds is 16. The third-order valence-electron chi connectivity index (χ3n) is 4.16. The zero-order valence-corrected chi connectivity index (χ0v) is 18.5. The summed E-state index contributed by atoms with van der Waals surface area (Å²) in [5.74, 6) is -0.991. The smallest absolute Gasteiger partial charge is 0.303 e. The standard InChI is InChI=1S/2C8H16O2.C6H14O2/c2*1-2-3-4-5-6-7-8(9)10;1-6(5-8)3-2-4-7/h2*2-7H2,1H3,(H,9,10);6-8H,2-5H2,1H3. The third-order valence-corrected chi connectivity index (χ3v) is 4.16. The number of carboxylic acids is 2. The van der Waals surface area contributed by atoms with Crippen molar-refractivity contribution >= 4 is 11.9 Å². The minimum Gasteiger partial charge on any atom is -0.481 e. The van der Waals surface area contributed by atoms with Gasteiger partial charge >= 0.3 is 11.9 Å². The van der Waals surface area contributed by atoms with Crippen molar-refractivity contribution in [3.05, 3.63) is 0 Å².